The molecule has 0 atom stereocenters. The molecular weight excluding hydrogens is 291 g/mol. The molecule has 1 aromatic rings. The summed E-state index contributed by atoms with van der Waals surface area (Å²) in [6.07, 6.45) is -0.136. The molecule has 0 fully saturated rings. The molecule has 1 N–H and O–H groups in total. The van der Waals surface area contributed by atoms with Crippen LogP contribution < -0.4 is 4.74 Å². The Kier molecular flexibility index (Phi) is 4.14. The molecule has 0 bridgehead atoms. The van der Waals surface area contributed by atoms with Crippen molar-refractivity contribution in [3.63, 3.8) is 0 Å². The van der Waals surface area contributed by atoms with Gasteiger partial charge in [-0.2, -0.15) is 0 Å². The molecule has 17 heavy (non-hydrogen) atoms. The van der Waals surface area contributed by atoms with Gasteiger partial charge in [-0.25, -0.2) is 4.39 Å². The van der Waals surface area contributed by atoms with Gasteiger partial charge in [0.2, 0.25) is 0 Å². The quantitative estimate of drug-likeness (QED) is 0.928. The Labute approximate surface area is 108 Å². The fraction of sp³-hybridized carbons (Fsp3) is 0.417. The Hall–Kier alpha value is -1.10. The summed E-state index contributed by atoms with van der Waals surface area (Å²) < 4.78 is 19.3. The second-order valence-electron chi connectivity index (χ2n) is 4.40. The third kappa shape index (κ3) is 2.97. The second kappa shape index (κ2) is 5.04. The van der Waals surface area contributed by atoms with E-state index in [0.29, 0.717) is 11.3 Å². The fourth-order valence-electron chi connectivity index (χ4n) is 1.69. The van der Waals surface area contributed by atoms with Crippen molar-refractivity contribution in [1.82, 2.24) is 0 Å². The van der Waals surface area contributed by atoms with E-state index < -0.39 is 17.2 Å². The Balaban J connectivity index is 3.24. The molecular formula is C12H14BrFO3. The first kappa shape index (κ1) is 14.0. The maximum atomic E-state index is 14.1. The SMILES string of the molecule is COc1ccc(C(C)(C)CC(=O)O)c(F)c1Br. The van der Waals surface area contributed by atoms with Crippen molar-refractivity contribution in [3.8, 4) is 5.75 Å². The number of carboxylic acids is 1. The molecule has 0 aliphatic heterocycles. The van der Waals surface area contributed by atoms with Crippen LogP contribution in [0.1, 0.15) is 25.8 Å². The molecule has 0 saturated heterocycles. The molecule has 0 amide bonds. The third-order valence-electron chi connectivity index (χ3n) is 2.59. The van der Waals surface area contributed by atoms with Crippen molar-refractivity contribution in [1.29, 1.82) is 0 Å². The Bertz CT molecular complexity index is 444. The van der Waals surface area contributed by atoms with Gasteiger partial charge in [0.05, 0.1) is 18.0 Å². The molecule has 0 heterocycles. The number of ether oxygens (including phenoxy) is 1. The van der Waals surface area contributed by atoms with Gasteiger partial charge in [0.25, 0.3) is 0 Å². The van der Waals surface area contributed by atoms with E-state index in [-0.39, 0.29) is 10.9 Å². The lowest BCUT2D eigenvalue weighted by Gasteiger charge is -2.24. The molecule has 0 spiro atoms. The molecule has 0 aromatic heterocycles. The van der Waals surface area contributed by atoms with Crippen LogP contribution in [0.2, 0.25) is 0 Å². The number of carbonyl (C=O) groups is 1. The van der Waals surface area contributed by atoms with Crippen LogP contribution in [0.4, 0.5) is 4.39 Å². The lowest BCUT2D eigenvalue weighted by Crippen LogP contribution is -2.23. The number of rotatable bonds is 4. The van der Waals surface area contributed by atoms with Crippen LogP contribution in [0, 0.1) is 5.82 Å². The minimum Gasteiger partial charge on any atom is -0.495 e. The van der Waals surface area contributed by atoms with Crippen LogP contribution in [-0.2, 0) is 10.2 Å². The Morgan fingerprint density at radius 2 is 2.12 bits per heavy atom. The van der Waals surface area contributed by atoms with Gasteiger partial charge in [-0.1, -0.05) is 19.9 Å². The summed E-state index contributed by atoms with van der Waals surface area (Å²) in [4.78, 5) is 10.7. The van der Waals surface area contributed by atoms with Crippen molar-refractivity contribution >= 4 is 21.9 Å². The summed E-state index contributed by atoms with van der Waals surface area (Å²) in [5.41, 5.74) is -0.419. The zero-order chi connectivity index (χ0) is 13.2. The molecule has 1 aromatic carbocycles. The third-order valence-corrected chi connectivity index (χ3v) is 3.33. The molecule has 3 nitrogen and oxygen atoms in total. The lowest BCUT2D eigenvalue weighted by atomic mass is 9.81. The van der Waals surface area contributed by atoms with Gasteiger partial charge < -0.3 is 9.84 Å². The topological polar surface area (TPSA) is 46.5 Å². The van der Waals surface area contributed by atoms with E-state index in [1.54, 1.807) is 26.0 Å². The first-order valence-corrected chi connectivity index (χ1v) is 5.83. The highest BCUT2D eigenvalue weighted by atomic mass is 79.9. The number of hydrogen-bond acceptors (Lipinski definition) is 2. The maximum Gasteiger partial charge on any atom is 0.304 e. The average molecular weight is 305 g/mol. The molecule has 0 unspecified atom stereocenters. The van der Waals surface area contributed by atoms with Crippen LogP contribution in [-0.4, -0.2) is 18.2 Å². The van der Waals surface area contributed by atoms with Crippen LogP contribution in [0.15, 0.2) is 16.6 Å². The van der Waals surface area contributed by atoms with Gasteiger partial charge in [-0.15, -0.1) is 0 Å². The summed E-state index contributed by atoms with van der Waals surface area (Å²) in [6.45, 7) is 3.39. The van der Waals surface area contributed by atoms with Crippen LogP contribution >= 0.6 is 15.9 Å². The maximum absolute atomic E-state index is 14.1. The van der Waals surface area contributed by atoms with E-state index in [1.807, 2.05) is 0 Å². The van der Waals surface area contributed by atoms with E-state index in [9.17, 15) is 9.18 Å². The first-order valence-electron chi connectivity index (χ1n) is 5.04. The van der Waals surface area contributed by atoms with E-state index in [1.165, 1.54) is 7.11 Å². The van der Waals surface area contributed by atoms with Crippen molar-refractivity contribution in [2.24, 2.45) is 0 Å². The summed E-state index contributed by atoms with van der Waals surface area (Å²) >= 11 is 3.10. The number of benzene rings is 1. The number of hydrogen-bond donors (Lipinski definition) is 1. The van der Waals surface area contributed by atoms with Gasteiger partial charge in [-0.05, 0) is 27.6 Å². The van der Waals surface area contributed by atoms with E-state index in [2.05, 4.69) is 15.9 Å². The predicted octanol–water partition coefficient (Wildman–Crippen LogP) is 3.35. The highest BCUT2D eigenvalue weighted by molar-refractivity contribution is 9.10. The van der Waals surface area contributed by atoms with E-state index in [0.717, 1.165) is 0 Å². The largest absolute Gasteiger partial charge is 0.495 e. The molecule has 5 heteroatoms. The molecule has 94 valence electrons. The highest BCUT2D eigenvalue weighted by Crippen LogP contribution is 2.36. The van der Waals surface area contributed by atoms with Crippen LogP contribution in [0.25, 0.3) is 0 Å². The van der Waals surface area contributed by atoms with Crippen molar-refractivity contribution in [2.45, 2.75) is 25.7 Å². The fourth-order valence-corrected chi connectivity index (χ4v) is 2.19. The van der Waals surface area contributed by atoms with E-state index >= 15 is 0 Å². The van der Waals surface area contributed by atoms with Crippen molar-refractivity contribution in [3.05, 3.63) is 28.0 Å². The zero-order valence-corrected chi connectivity index (χ0v) is 11.5. The highest BCUT2D eigenvalue weighted by Gasteiger charge is 2.29. The normalized spacial score (nSPS) is 11.4. The van der Waals surface area contributed by atoms with Crippen molar-refractivity contribution in [2.75, 3.05) is 7.11 Å². The average Bonchev–Trinajstić information content (AvgIpc) is 2.19. The Morgan fingerprint density at radius 3 is 2.59 bits per heavy atom. The Morgan fingerprint density at radius 1 is 1.53 bits per heavy atom. The van der Waals surface area contributed by atoms with Gasteiger partial charge in [0.1, 0.15) is 11.6 Å². The molecule has 1 rings (SSSR count). The van der Waals surface area contributed by atoms with Crippen LogP contribution in [0.5, 0.6) is 5.75 Å². The second-order valence-corrected chi connectivity index (χ2v) is 5.19. The summed E-state index contributed by atoms with van der Waals surface area (Å²) in [5, 5.41) is 8.81. The lowest BCUT2D eigenvalue weighted by molar-refractivity contribution is -0.138. The number of halogens is 2. The number of carboxylic acid groups (broad SMARTS) is 1. The van der Waals surface area contributed by atoms with Crippen molar-refractivity contribution < 1.29 is 19.0 Å². The van der Waals surface area contributed by atoms with E-state index in [4.69, 9.17) is 9.84 Å². The van der Waals surface area contributed by atoms with Gasteiger partial charge >= 0.3 is 5.97 Å². The first-order chi connectivity index (χ1) is 7.79. The molecule has 0 aliphatic carbocycles. The van der Waals surface area contributed by atoms with Gasteiger partial charge in [0.15, 0.2) is 0 Å². The van der Waals surface area contributed by atoms with Gasteiger partial charge in [-0.3, -0.25) is 4.79 Å². The monoisotopic (exact) mass is 304 g/mol. The van der Waals surface area contributed by atoms with Gasteiger partial charge in [0, 0.05) is 5.41 Å². The summed E-state index contributed by atoms with van der Waals surface area (Å²) in [7, 11) is 1.45. The number of methoxy groups -OCH3 is 1. The smallest absolute Gasteiger partial charge is 0.304 e. The number of aliphatic carboxylic acids is 1. The summed E-state index contributed by atoms with van der Waals surface area (Å²) in [6, 6.07) is 3.17. The van der Waals surface area contributed by atoms with Crippen LogP contribution in [0.3, 0.4) is 0 Å². The standard InChI is InChI=1S/C12H14BrFO3/c1-12(2,6-9(15)16)7-4-5-8(17-3)10(13)11(7)14/h4-5H,6H2,1-3H3,(H,15,16). The minimum atomic E-state index is -0.957. The molecule has 0 radical (unpaired) electrons. The predicted molar refractivity (Wildman–Crippen MR) is 65.9 cm³/mol. The molecule has 0 saturated carbocycles. The zero-order valence-electron chi connectivity index (χ0n) is 9.88. The minimum absolute atomic E-state index is 0.136. The molecule has 0 aliphatic rings. The summed E-state index contributed by atoms with van der Waals surface area (Å²) in [5.74, 6) is -1.05.